The van der Waals surface area contributed by atoms with Gasteiger partial charge in [0.25, 0.3) is 5.56 Å². The smallest absolute Gasteiger partial charge is 0.332 e. The highest BCUT2D eigenvalue weighted by Crippen LogP contribution is 2.20. The molecule has 0 bridgehead atoms. The van der Waals surface area contributed by atoms with Gasteiger partial charge in [0, 0.05) is 26.5 Å². The first kappa shape index (κ1) is 16.2. The third-order valence-corrected chi connectivity index (χ3v) is 4.26. The summed E-state index contributed by atoms with van der Waals surface area (Å²) < 4.78 is 9.30. The minimum atomic E-state index is -0.505. The SMILES string of the molecule is Cn1c(=O)c2c(nc(Cl)n2Cc2nnc(-c3cccnc3)o2)n(C)c1=O. The van der Waals surface area contributed by atoms with E-state index in [2.05, 4.69) is 20.2 Å². The topological polar surface area (TPSA) is 114 Å². The summed E-state index contributed by atoms with van der Waals surface area (Å²) in [6, 6.07) is 3.54. The number of fused-ring (bicyclic) bond motifs is 1. The van der Waals surface area contributed by atoms with Crippen LogP contribution in [-0.4, -0.2) is 33.9 Å². The highest BCUT2D eigenvalue weighted by atomic mass is 35.5. The van der Waals surface area contributed by atoms with Gasteiger partial charge < -0.3 is 4.42 Å². The molecule has 0 unspecified atom stereocenters. The molecule has 4 heterocycles. The van der Waals surface area contributed by atoms with Crippen molar-refractivity contribution in [3.63, 3.8) is 0 Å². The summed E-state index contributed by atoms with van der Waals surface area (Å²) in [5.74, 6) is 0.537. The quantitative estimate of drug-likeness (QED) is 0.482. The van der Waals surface area contributed by atoms with Crippen LogP contribution in [0.3, 0.4) is 0 Å². The van der Waals surface area contributed by atoms with Gasteiger partial charge in [0.15, 0.2) is 11.2 Å². The Morgan fingerprint density at radius 3 is 2.73 bits per heavy atom. The Bertz CT molecular complexity index is 1240. The van der Waals surface area contributed by atoms with Gasteiger partial charge in [0.2, 0.25) is 17.1 Å². The molecule has 0 aliphatic heterocycles. The van der Waals surface area contributed by atoms with Crippen molar-refractivity contribution in [3.8, 4) is 11.5 Å². The summed E-state index contributed by atoms with van der Waals surface area (Å²) >= 11 is 6.18. The van der Waals surface area contributed by atoms with Crippen molar-refractivity contribution in [1.82, 2.24) is 33.9 Å². The van der Waals surface area contributed by atoms with Crippen molar-refractivity contribution in [2.24, 2.45) is 14.1 Å². The number of hydrogen-bond donors (Lipinski definition) is 0. The number of rotatable bonds is 3. The lowest BCUT2D eigenvalue weighted by Gasteiger charge is -2.05. The molecule has 0 amide bonds. The Morgan fingerprint density at radius 2 is 2.00 bits per heavy atom. The van der Waals surface area contributed by atoms with Crippen molar-refractivity contribution in [3.05, 3.63) is 56.5 Å². The fourth-order valence-corrected chi connectivity index (χ4v) is 2.85. The molecule has 0 aromatic carbocycles. The molecular formula is C15H12ClN7O3. The fourth-order valence-electron chi connectivity index (χ4n) is 2.62. The highest BCUT2D eigenvalue weighted by Gasteiger charge is 2.20. The van der Waals surface area contributed by atoms with Gasteiger partial charge in [-0.05, 0) is 23.7 Å². The second kappa shape index (κ2) is 5.92. The standard InChI is InChI=1S/C15H12ClN7O3/c1-21-11-10(13(24)22(2)15(21)25)23(14(16)18-11)7-9-19-20-12(26-9)8-4-3-5-17-6-8/h3-6H,7H2,1-2H3. The Hall–Kier alpha value is -3.27. The Kier molecular flexibility index (Phi) is 3.69. The van der Waals surface area contributed by atoms with Gasteiger partial charge in [-0.25, -0.2) is 4.79 Å². The van der Waals surface area contributed by atoms with E-state index in [9.17, 15) is 9.59 Å². The lowest BCUT2D eigenvalue weighted by Crippen LogP contribution is -2.37. The van der Waals surface area contributed by atoms with Gasteiger partial charge in [-0.1, -0.05) is 0 Å². The van der Waals surface area contributed by atoms with E-state index in [1.807, 2.05) is 0 Å². The molecule has 132 valence electrons. The second-order valence-corrected chi connectivity index (χ2v) is 5.93. The molecule has 0 saturated heterocycles. The predicted octanol–water partition coefficient (Wildman–Crippen LogP) is 0.580. The molecule has 0 fully saturated rings. The number of aromatic nitrogens is 7. The number of hydrogen-bond acceptors (Lipinski definition) is 7. The Labute approximate surface area is 150 Å². The first-order valence-electron chi connectivity index (χ1n) is 7.52. The molecule has 0 atom stereocenters. The molecule has 4 aromatic rings. The summed E-state index contributed by atoms with van der Waals surface area (Å²) in [7, 11) is 2.91. The molecular weight excluding hydrogens is 362 g/mol. The van der Waals surface area contributed by atoms with Crippen molar-refractivity contribution < 1.29 is 4.42 Å². The summed E-state index contributed by atoms with van der Waals surface area (Å²) in [5, 5.41) is 8.00. The van der Waals surface area contributed by atoms with E-state index < -0.39 is 11.2 Å². The van der Waals surface area contributed by atoms with E-state index in [1.54, 1.807) is 24.5 Å². The van der Waals surface area contributed by atoms with Crippen LogP contribution >= 0.6 is 11.6 Å². The molecule has 0 saturated carbocycles. The van der Waals surface area contributed by atoms with Gasteiger partial charge in [-0.15, -0.1) is 10.2 Å². The van der Waals surface area contributed by atoms with E-state index in [-0.39, 0.29) is 28.9 Å². The van der Waals surface area contributed by atoms with Crippen molar-refractivity contribution >= 4 is 22.8 Å². The molecule has 26 heavy (non-hydrogen) atoms. The number of imidazole rings is 1. The molecule has 11 heteroatoms. The van der Waals surface area contributed by atoms with Crippen molar-refractivity contribution in [1.29, 1.82) is 0 Å². The molecule has 4 rings (SSSR count). The molecule has 0 N–H and O–H groups in total. The van der Waals surface area contributed by atoms with Gasteiger partial charge in [0.05, 0.1) is 5.56 Å². The number of nitrogens with zero attached hydrogens (tertiary/aromatic N) is 7. The van der Waals surface area contributed by atoms with Crippen LogP contribution in [-0.2, 0) is 20.6 Å². The lowest BCUT2D eigenvalue weighted by atomic mass is 10.3. The van der Waals surface area contributed by atoms with Crippen LogP contribution < -0.4 is 11.2 Å². The fraction of sp³-hybridized carbons (Fsp3) is 0.200. The van der Waals surface area contributed by atoms with Crippen molar-refractivity contribution in [2.75, 3.05) is 0 Å². The summed E-state index contributed by atoms with van der Waals surface area (Å²) in [6.07, 6.45) is 3.24. The normalized spacial score (nSPS) is 11.3. The lowest BCUT2D eigenvalue weighted by molar-refractivity contribution is 0.490. The first-order valence-corrected chi connectivity index (χ1v) is 7.89. The van der Waals surface area contributed by atoms with E-state index >= 15 is 0 Å². The van der Waals surface area contributed by atoms with Gasteiger partial charge in [-0.3, -0.25) is 23.5 Å². The van der Waals surface area contributed by atoms with Crippen LogP contribution in [0, 0.1) is 0 Å². The van der Waals surface area contributed by atoms with Crippen molar-refractivity contribution in [2.45, 2.75) is 6.54 Å². The van der Waals surface area contributed by atoms with Crippen LogP contribution in [0.5, 0.6) is 0 Å². The minimum Gasteiger partial charge on any atom is -0.419 e. The third kappa shape index (κ3) is 2.42. The maximum atomic E-state index is 12.5. The monoisotopic (exact) mass is 373 g/mol. The molecule has 0 aliphatic rings. The van der Waals surface area contributed by atoms with Gasteiger partial charge in [0.1, 0.15) is 6.54 Å². The maximum Gasteiger partial charge on any atom is 0.332 e. The number of halogens is 1. The predicted molar refractivity (Wildman–Crippen MR) is 91.9 cm³/mol. The van der Waals surface area contributed by atoms with Crippen LogP contribution in [0.4, 0.5) is 0 Å². The maximum absolute atomic E-state index is 12.5. The zero-order valence-electron chi connectivity index (χ0n) is 13.7. The van der Waals surface area contributed by atoms with E-state index in [1.165, 1.54) is 23.2 Å². The van der Waals surface area contributed by atoms with E-state index in [4.69, 9.17) is 16.0 Å². The second-order valence-electron chi connectivity index (χ2n) is 5.59. The van der Waals surface area contributed by atoms with Crippen LogP contribution in [0.25, 0.3) is 22.6 Å². The Balaban J connectivity index is 1.82. The summed E-state index contributed by atoms with van der Waals surface area (Å²) in [4.78, 5) is 32.7. The molecule has 0 radical (unpaired) electrons. The van der Waals surface area contributed by atoms with E-state index in [0.29, 0.717) is 11.5 Å². The average Bonchev–Trinajstić information content (AvgIpc) is 3.25. The first-order chi connectivity index (χ1) is 12.5. The highest BCUT2D eigenvalue weighted by molar-refractivity contribution is 6.29. The van der Waals surface area contributed by atoms with Gasteiger partial charge in [-0.2, -0.15) is 4.98 Å². The number of pyridine rings is 1. The van der Waals surface area contributed by atoms with Crippen LogP contribution in [0.15, 0.2) is 38.5 Å². The van der Waals surface area contributed by atoms with Crippen LogP contribution in [0.1, 0.15) is 5.89 Å². The molecule has 4 aromatic heterocycles. The molecule has 0 spiro atoms. The Morgan fingerprint density at radius 1 is 1.19 bits per heavy atom. The van der Waals surface area contributed by atoms with E-state index in [0.717, 1.165) is 4.57 Å². The molecule has 10 nitrogen and oxygen atoms in total. The van der Waals surface area contributed by atoms with Crippen LogP contribution in [0.2, 0.25) is 5.28 Å². The largest absolute Gasteiger partial charge is 0.419 e. The minimum absolute atomic E-state index is 0.0377. The average molecular weight is 374 g/mol. The van der Waals surface area contributed by atoms with Gasteiger partial charge >= 0.3 is 5.69 Å². The molecule has 0 aliphatic carbocycles. The zero-order chi connectivity index (χ0) is 18.4. The summed E-state index contributed by atoms with van der Waals surface area (Å²) in [6.45, 7) is 0.0377. The third-order valence-electron chi connectivity index (χ3n) is 3.97. The number of aryl methyl sites for hydroxylation is 1. The summed E-state index contributed by atoms with van der Waals surface area (Å²) in [5.41, 5.74) is 0.0527. The zero-order valence-corrected chi connectivity index (χ0v) is 14.5.